The molecule has 0 rings (SSSR count). The van der Waals surface area contributed by atoms with E-state index in [4.69, 9.17) is 18.9 Å². The van der Waals surface area contributed by atoms with Gasteiger partial charge in [0, 0.05) is 14.2 Å². The van der Waals surface area contributed by atoms with Gasteiger partial charge in [-0.2, -0.15) is 0 Å². The maximum Gasteiger partial charge on any atom is 0.102 e. The smallest absolute Gasteiger partial charge is 0.102 e. The van der Waals surface area contributed by atoms with E-state index in [1.807, 2.05) is 0 Å². The molecule has 0 heterocycles. The van der Waals surface area contributed by atoms with E-state index in [-0.39, 0.29) is 12.4 Å². The van der Waals surface area contributed by atoms with Gasteiger partial charge < -0.3 is 35.8 Å². The molecule has 0 aliphatic rings. The lowest BCUT2D eigenvalue weighted by molar-refractivity contribution is -0.891. The van der Waals surface area contributed by atoms with Gasteiger partial charge >= 0.3 is 0 Å². The van der Waals surface area contributed by atoms with Crippen LogP contribution in [0.15, 0.2) is 0 Å². The summed E-state index contributed by atoms with van der Waals surface area (Å²) in [5.41, 5.74) is 0. The molecular weight excluding hydrogens is 258 g/mol. The van der Waals surface area contributed by atoms with Crippen LogP contribution >= 0.6 is 0 Å². The summed E-state index contributed by atoms with van der Waals surface area (Å²) >= 11 is 0. The summed E-state index contributed by atoms with van der Waals surface area (Å²) < 4.78 is 21.6. The van der Waals surface area contributed by atoms with Crippen LogP contribution in [0.3, 0.4) is 0 Å². The number of rotatable bonds is 12. The van der Waals surface area contributed by atoms with Crippen molar-refractivity contribution in [3.05, 3.63) is 0 Å². The molecule has 0 N–H and O–H groups in total. The Kier molecular flexibility index (Phi) is 15.3. The first-order valence-corrected chi connectivity index (χ1v) is 6.08. The molecule has 0 aliphatic heterocycles. The largest absolute Gasteiger partial charge is 1.00 e. The predicted molar refractivity (Wildman–Crippen MR) is 67.2 cm³/mol. The summed E-state index contributed by atoms with van der Waals surface area (Å²) in [7, 11) is 7.72. The molecule has 18 heavy (non-hydrogen) atoms. The molecule has 112 valence electrons. The fourth-order valence-corrected chi connectivity index (χ4v) is 1.22. The highest BCUT2D eigenvalue weighted by atomic mass is 35.5. The van der Waals surface area contributed by atoms with Gasteiger partial charge in [0.1, 0.15) is 13.1 Å². The number of hydrogen-bond acceptors (Lipinski definition) is 4. The first kappa shape index (κ1) is 20.4. The van der Waals surface area contributed by atoms with Crippen LogP contribution in [0.1, 0.15) is 0 Å². The minimum atomic E-state index is 0. The second-order valence-corrected chi connectivity index (χ2v) is 4.59. The van der Waals surface area contributed by atoms with Gasteiger partial charge in [-0.3, -0.25) is 0 Å². The summed E-state index contributed by atoms with van der Waals surface area (Å²) in [6.45, 7) is 6.14. The lowest BCUT2D eigenvalue weighted by atomic mass is 10.4. The molecule has 5 nitrogen and oxygen atoms in total. The molecule has 0 aliphatic carbocycles. The third-order valence-corrected chi connectivity index (χ3v) is 2.55. The van der Waals surface area contributed by atoms with E-state index in [0.29, 0.717) is 26.4 Å². The van der Waals surface area contributed by atoms with Crippen molar-refractivity contribution < 1.29 is 35.8 Å². The molecule has 0 unspecified atom stereocenters. The van der Waals surface area contributed by atoms with Crippen molar-refractivity contribution in [2.75, 3.05) is 81.0 Å². The van der Waals surface area contributed by atoms with Crippen LogP contribution in [0.2, 0.25) is 0 Å². The van der Waals surface area contributed by atoms with Gasteiger partial charge in [-0.1, -0.05) is 0 Å². The van der Waals surface area contributed by atoms with E-state index in [2.05, 4.69) is 14.1 Å². The normalized spacial score (nSPS) is 11.3. The molecule has 0 saturated heterocycles. The topological polar surface area (TPSA) is 36.9 Å². The summed E-state index contributed by atoms with van der Waals surface area (Å²) in [6.07, 6.45) is 0. The molecule has 0 aromatic heterocycles. The van der Waals surface area contributed by atoms with Crippen molar-refractivity contribution in [2.45, 2.75) is 0 Å². The third-order valence-electron chi connectivity index (χ3n) is 2.55. The second kappa shape index (κ2) is 13.5. The quantitative estimate of drug-likeness (QED) is 0.291. The van der Waals surface area contributed by atoms with Gasteiger partial charge in [0.15, 0.2) is 0 Å². The van der Waals surface area contributed by atoms with Gasteiger partial charge in [0.25, 0.3) is 0 Å². The maximum atomic E-state index is 5.45. The fraction of sp³-hybridized carbons (Fsp3) is 1.00. The van der Waals surface area contributed by atoms with Crippen LogP contribution in [0.5, 0.6) is 0 Å². The highest BCUT2D eigenvalue weighted by Gasteiger charge is 2.14. The van der Waals surface area contributed by atoms with Crippen LogP contribution in [0.25, 0.3) is 0 Å². The number of quaternary nitrogens is 1. The molecule has 0 atom stereocenters. The lowest BCUT2D eigenvalue weighted by Crippen LogP contribution is -3.00. The summed E-state index contributed by atoms with van der Waals surface area (Å²) in [5, 5.41) is 0. The second-order valence-electron chi connectivity index (χ2n) is 4.59. The average Bonchev–Trinajstić information content (AvgIpc) is 2.28. The Hall–Kier alpha value is 0.0900. The van der Waals surface area contributed by atoms with Crippen LogP contribution in [-0.2, 0) is 18.9 Å². The Labute approximate surface area is 117 Å². The van der Waals surface area contributed by atoms with Gasteiger partial charge in [0.05, 0.1) is 53.7 Å². The van der Waals surface area contributed by atoms with Crippen LogP contribution in [-0.4, -0.2) is 85.5 Å². The van der Waals surface area contributed by atoms with E-state index < -0.39 is 0 Å². The van der Waals surface area contributed by atoms with Gasteiger partial charge in [-0.15, -0.1) is 0 Å². The van der Waals surface area contributed by atoms with Crippen molar-refractivity contribution >= 4 is 0 Å². The lowest BCUT2D eigenvalue weighted by Gasteiger charge is -2.29. The molecule has 0 amide bonds. The Morgan fingerprint density at radius 2 is 1.06 bits per heavy atom. The monoisotopic (exact) mass is 285 g/mol. The summed E-state index contributed by atoms with van der Waals surface area (Å²) in [5.74, 6) is 0. The van der Waals surface area contributed by atoms with E-state index in [0.717, 1.165) is 30.8 Å². The van der Waals surface area contributed by atoms with E-state index in [9.17, 15) is 0 Å². The van der Waals surface area contributed by atoms with E-state index in [1.54, 1.807) is 14.2 Å². The zero-order valence-electron chi connectivity index (χ0n) is 12.1. The van der Waals surface area contributed by atoms with Crippen molar-refractivity contribution in [3.63, 3.8) is 0 Å². The summed E-state index contributed by atoms with van der Waals surface area (Å²) in [4.78, 5) is 0. The highest BCUT2D eigenvalue weighted by Crippen LogP contribution is 1.97. The first-order valence-electron chi connectivity index (χ1n) is 6.08. The van der Waals surface area contributed by atoms with Gasteiger partial charge in [-0.25, -0.2) is 0 Å². The molecule has 0 bridgehead atoms. The molecule has 0 fully saturated rings. The van der Waals surface area contributed by atoms with Crippen LogP contribution in [0, 0.1) is 0 Å². The van der Waals surface area contributed by atoms with E-state index in [1.165, 1.54) is 0 Å². The molecule has 0 radical (unpaired) electrons. The van der Waals surface area contributed by atoms with Gasteiger partial charge in [-0.05, 0) is 0 Å². The number of halogens is 1. The minimum absolute atomic E-state index is 0. The Morgan fingerprint density at radius 3 is 1.39 bits per heavy atom. The highest BCUT2D eigenvalue weighted by molar-refractivity contribution is 4.37. The zero-order chi connectivity index (χ0) is 13.0. The molecule has 0 saturated carbocycles. The SMILES string of the molecule is COCCOCC[N+](C)(C)CCOCCOC.[Cl-]. The Morgan fingerprint density at radius 1 is 0.667 bits per heavy atom. The maximum absolute atomic E-state index is 5.45. The van der Waals surface area contributed by atoms with Crippen molar-refractivity contribution in [3.8, 4) is 0 Å². The molecule has 6 heteroatoms. The first-order chi connectivity index (χ1) is 8.12. The summed E-state index contributed by atoms with van der Waals surface area (Å²) in [6, 6.07) is 0. The van der Waals surface area contributed by atoms with Crippen LogP contribution < -0.4 is 12.4 Å². The van der Waals surface area contributed by atoms with Crippen molar-refractivity contribution in [1.29, 1.82) is 0 Å². The van der Waals surface area contributed by atoms with Crippen molar-refractivity contribution in [1.82, 2.24) is 0 Å². The molecule has 0 spiro atoms. The number of nitrogens with zero attached hydrogens (tertiary/aromatic N) is 1. The average molecular weight is 286 g/mol. The molecule has 0 aromatic carbocycles. The predicted octanol–water partition coefficient (Wildman–Crippen LogP) is -2.61. The van der Waals surface area contributed by atoms with Gasteiger partial charge in [0.2, 0.25) is 0 Å². The number of likely N-dealkylation sites (N-methyl/N-ethyl adjacent to an activating group) is 1. The Bertz CT molecular complexity index is 154. The van der Waals surface area contributed by atoms with Crippen molar-refractivity contribution in [2.24, 2.45) is 0 Å². The van der Waals surface area contributed by atoms with Crippen LogP contribution in [0.4, 0.5) is 0 Å². The molecule has 0 aromatic rings. The number of hydrogen-bond donors (Lipinski definition) is 0. The number of methoxy groups -OCH3 is 2. The Balaban J connectivity index is 0. The minimum Gasteiger partial charge on any atom is -1.00 e. The zero-order valence-corrected chi connectivity index (χ0v) is 12.9. The number of ether oxygens (including phenoxy) is 4. The standard InChI is InChI=1S/C12H28NO4.ClH/c1-13(2,5-7-16-11-9-14-3)6-8-17-12-10-15-4;/h5-12H2,1-4H3;1H/q+1;/p-1. The molecular formula is C12H28ClNO4. The fourth-order valence-electron chi connectivity index (χ4n) is 1.22. The van der Waals surface area contributed by atoms with E-state index >= 15 is 0 Å². The third kappa shape index (κ3) is 14.2.